The minimum absolute atomic E-state index is 0.499. The molecule has 1 aliphatic heterocycles. The van der Waals surface area contributed by atoms with Crippen LogP contribution in [0.3, 0.4) is 0 Å². The van der Waals surface area contributed by atoms with Crippen LogP contribution in [-0.2, 0) is 11.2 Å². The Kier molecular flexibility index (Phi) is 1.95. The highest BCUT2D eigenvalue weighted by Gasteiger charge is 2.36. The molecule has 1 atom stereocenters. The van der Waals surface area contributed by atoms with Gasteiger partial charge in [0.1, 0.15) is 0 Å². The van der Waals surface area contributed by atoms with Gasteiger partial charge in [-0.15, -0.1) is 0 Å². The molecule has 1 aromatic rings. The normalized spacial score (nSPS) is 24.9. The summed E-state index contributed by atoms with van der Waals surface area (Å²) in [4.78, 5) is 11.0. The number of hydrogen-bond donors (Lipinski definition) is 2. The van der Waals surface area contributed by atoms with Crippen LogP contribution in [0.15, 0.2) is 24.3 Å². The van der Waals surface area contributed by atoms with Crippen LogP contribution >= 0.6 is 0 Å². The molecule has 0 radical (unpaired) electrons. The molecule has 1 heterocycles. The predicted molar refractivity (Wildman–Crippen MR) is 54.4 cm³/mol. The average Bonchev–Trinajstić information content (AvgIpc) is 2.17. The van der Waals surface area contributed by atoms with E-state index in [9.17, 15) is 4.79 Å². The average molecular weight is 191 g/mol. The summed E-state index contributed by atoms with van der Waals surface area (Å²) in [6.07, 6.45) is 0.603. The Bertz CT molecular complexity index is 375. The minimum atomic E-state index is -0.737. The van der Waals surface area contributed by atoms with Crippen molar-refractivity contribution in [2.24, 2.45) is 5.41 Å². The third kappa shape index (κ3) is 1.35. The fraction of sp³-hybridized carbons (Fsp3) is 0.364. The quantitative estimate of drug-likeness (QED) is 0.711. The van der Waals surface area contributed by atoms with Crippen LogP contribution in [0, 0.1) is 5.41 Å². The monoisotopic (exact) mass is 191 g/mol. The third-order valence-corrected chi connectivity index (χ3v) is 2.78. The smallest absolute Gasteiger partial charge is 0.311 e. The first-order chi connectivity index (χ1) is 6.62. The number of anilines is 1. The number of para-hydroxylation sites is 1. The number of hydrogen-bond acceptors (Lipinski definition) is 2. The van der Waals surface area contributed by atoms with E-state index in [-0.39, 0.29) is 0 Å². The summed E-state index contributed by atoms with van der Waals surface area (Å²) in [6.45, 7) is 2.28. The van der Waals surface area contributed by atoms with E-state index in [1.165, 1.54) is 0 Å². The molecule has 0 unspecified atom stereocenters. The molecule has 0 amide bonds. The molecule has 0 aliphatic carbocycles. The molecule has 3 heteroatoms. The number of rotatable bonds is 1. The Hall–Kier alpha value is -1.51. The van der Waals surface area contributed by atoms with Crippen LogP contribution in [0.25, 0.3) is 0 Å². The molecule has 1 aromatic carbocycles. The Morgan fingerprint density at radius 1 is 1.50 bits per heavy atom. The second-order valence-electron chi connectivity index (χ2n) is 4.05. The second kappa shape index (κ2) is 3.01. The van der Waals surface area contributed by atoms with E-state index in [0.29, 0.717) is 13.0 Å². The van der Waals surface area contributed by atoms with E-state index in [1.807, 2.05) is 24.3 Å². The molecule has 0 saturated carbocycles. The Balaban J connectivity index is 2.34. The maximum Gasteiger partial charge on any atom is 0.311 e. The zero-order valence-electron chi connectivity index (χ0n) is 8.08. The molecule has 0 saturated heterocycles. The van der Waals surface area contributed by atoms with Crippen molar-refractivity contribution in [3.8, 4) is 0 Å². The van der Waals surface area contributed by atoms with E-state index < -0.39 is 11.4 Å². The van der Waals surface area contributed by atoms with Crippen molar-refractivity contribution >= 4 is 11.7 Å². The highest BCUT2D eigenvalue weighted by Crippen LogP contribution is 2.32. The molecular weight excluding hydrogens is 178 g/mol. The van der Waals surface area contributed by atoms with Gasteiger partial charge in [0, 0.05) is 12.2 Å². The number of carbonyl (C=O) groups is 1. The van der Waals surface area contributed by atoms with E-state index in [1.54, 1.807) is 6.92 Å². The molecule has 0 fully saturated rings. The largest absolute Gasteiger partial charge is 0.481 e. The molecule has 74 valence electrons. The Morgan fingerprint density at radius 2 is 2.21 bits per heavy atom. The van der Waals surface area contributed by atoms with E-state index in [4.69, 9.17) is 5.11 Å². The molecular formula is C11H13NO2. The zero-order chi connectivity index (χ0) is 10.2. The van der Waals surface area contributed by atoms with Gasteiger partial charge < -0.3 is 10.4 Å². The maximum absolute atomic E-state index is 11.0. The molecule has 2 rings (SSSR count). The van der Waals surface area contributed by atoms with Crippen molar-refractivity contribution in [1.82, 2.24) is 0 Å². The van der Waals surface area contributed by atoms with Gasteiger partial charge in [-0.25, -0.2) is 0 Å². The molecule has 0 spiro atoms. The van der Waals surface area contributed by atoms with Crippen molar-refractivity contribution in [3.05, 3.63) is 29.8 Å². The SMILES string of the molecule is C[C@@]1(C(=O)O)CNc2ccccc2C1. The summed E-state index contributed by atoms with van der Waals surface area (Å²) in [5, 5.41) is 12.2. The van der Waals surface area contributed by atoms with Crippen molar-refractivity contribution in [2.45, 2.75) is 13.3 Å². The van der Waals surface area contributed by atoms with Gasteiger partial charge in [0.15, 0.2) is 0 Å². The van der Waals surface area contributed by atoms with Gasteiger partial charge in [-0.1, -0.05) is 18.2 Å². The number of aliphatic carboxylic acids is 1. The lowest BCUT2D eigenvalue weighted by Crippen LogP contribution is -2.40. The van der Waals surface area contributed by atoms with Crippen molar-refractivity contribution < 1.29 is 9.90 Å². The summed E-state index contributed by atoms with van der Waals surface area (Å²) in [5.74, 6) is -0.737. The maximum atomic E-state index is 11.0. The highest BCUT2D eigenvalue weighted by molar-refractivity contribution is 5.77. The van der Waals surface area contributed by atoms with E-state index in [0.717, 1.165) is 11.3 Å². The predicted octanol–water partition coefficient (Wildman–Crippen LogP) is 1.75. The van der Waals surface area contributed by atoms with Gasteiger partial charge in [0.05, 0.1) is 5.41 Å². The number of benzene rings is 1. The Morgan fingerprint density at radius 3 is 2.93 bits per heavy atom. The summed E-state index contributed by atoms with van der Waals surface area (Å²) < 4.78 is 0. The first-order valence-corrected chi connectivity index (χ1v) is 4.67. The number of fused-ring (bicyclic) bond motifs is 1. The highest BCUT2D eigenvalue weighted by atomic mass is 16.4. The number of nitrogens with one attached hydrogen (secondary N) is 1. The lowest BCUT2D eigenvalue weighted by atomic mass is 9.80. The van der Waals surface area contributed by atoms with Crippen LogP contribution in [0.1, 0.15) is 12.5 Å². The Labute approximate surface area is 82.8 Å². The molecule has 0 bridgehead atoms. The van der Waals surface area contributed by atoms with E-state index >= 15 is 0 Å². The van der Waals surface area contributed by atoms with Gasteiger partial charge in [0.2, 0.25) is 0 Å². The first-order valence-electron chi connectivity index (χ1n) is 4.67. The van der Waals surface area contributed by atoms with Gasteiger partial charge in [-0.2, -0.15) is 0 Å². The fourth-order valence-electron chi connectivity index (χ4n) is 1.77. The summed E-state index contributed by atoms with van der Waals surface area (Å²) in [6, 6.07) is 7.85. The van der Waals surface area contributed by atoms with Gasteiger partial charge in [-0.05, 0) is 25.0 Å². The fourth-order valence-corrected chi connectivity index (χ4v) is 1.77. The van der Waals surface area contributed by atoms with Crippen LogP contribution < -0.4 is 5.32 Å². The molecule has 1 aliphatic rings. The molecule has 3 nitrogen and oxygen atoms in total. The summed E-state index contributed by atoms with van der Waals surface area (Å²) in [7, 11) is 0. The lowest BCUT2D eigenvalue weighted by Gasteiger charge is -2.31. The lowest BCUT2D eigenvalue weighted by molar-refractivity contribution is -0.147. The van der Waals surface area contributed by atoms with Crippen LogP contribution in [-0.4, -0.2) is 17.6 Å². The number of carboxylic acids is 1. The van der Waals surface area contributed by atoms with Crippen LogP contribution in [0.5, 0.6) is 0 Å². The minimum Gasteiger partial charge on any atom is -0.481 e. The first kappa shape index (κ1) is 9.06. The molecule has 0 aromatic heterocycles. The van der Waals surface area contributed by atoms with Crippen LogP contribution in [0.4, 0.5) is 5.69 Å². The van der Waals surface area contributed by atoms with E-state index in [2.05, 4.69) is 5.32 Å². The number of carboxylic acid groups (broad SMARTS) is 1. The molecule has 14 heavy (non-hydrogen) atoms. The topological polar surface area (TPSA) is 49.3 Å². The van der Waals surface area contributed by atoms with Crippen LogP contribution in [0.2, 0.25) is 0 Å². The summed E-state index contributed by atoms with van der Waals surface area (Å²) >= 11 is 0. The molecule has 2 N–H and O–H groups in total. The standard InChI is InChI=1S/C11H13NO2/c1-11(10(13)14)6-8-4-2-3-5-9(8)12-7-11/h2-5,12H,6-7H2,1H3,(H,13,14)/t11-/m0/s1. The second-order valence-corrected chi connectivity index (χ2v) is 4.05. The summed E-state index contributed by atoms with van der Waals surface area (Å²) in [5.41, 5.74) is 1.48. The third-order valence-electron chi connectivity index (χ3n) is 2.78. The van der Waals surface area contributed by atoms with Crippen molar-refractivity contribution in [3.63, 3.8) is 0 Å². The zero-order valence-corrected chi connectivity index (χ0v) is 8.08. The van der Waals surface area contributed by atoms with Gasteiger partial charge >= 0.3 is 5.97 Å². The van der Waals surface area contributed by atoms with Crippen molar-refractivity contribution in [1.29, 1.82) is 0 Å². The van der Waals surface area contributed by atoms with Gasteiger partial charge in [0.25, 0.3) is 0 Å². The van der Waals surface area contributed by atoms with Gasteiger partial charge in [-0.3, -0.25) is 4.79 Å². The van der Waals surface area contributed by atoms with Crippen molar-refractivity contribution in [2.75, 3.05) is 11.9 Å².